The second kappa shape index (κ2) is 10.1. The first kappa shape index (κ1) is 22.2. The number of hydrogen-bond acceptors (Lipinski definition) is 6. The summed E-state index contributed by atoms with van der Waals surface area (Å²) >= 11 is 4.06. The van der Waals surface area contributed by atoms with Gasteiger partial charge in [-0.25, -0.2) is 4.98 Å². The van der Waals surface area contributed by atoms with Gasteiger partial charge in [-0.2, -0.15) is 11.8 Å². The number of aliphatic hydroxyl groups excluding tert-OH is 1. The molecule has 2 aromatic rings. The third-order valence-corrected chi connectivity index (χ3v) is 9.10. The second-order valence-electron chi connectivity index (χ2n) is 9.27. The Hall–Kier alpha value is -1.57. The summed E-state index contributed by atoms with van der Waals surface area (Å²) in [6.45, 7) is -0.154. The van der Waals surface area contributed by atoms with Crippen molar-refractivity contribution in [2.24, 2.45) is 5.92 Å². The third-order valence-electron chi connectivity index (χ3n) is 6.62. The lowest BCUT2D eigenvalue weighted by Gasteiger charge is -2.26. The van der Waals surface area contributed by atoms with Gasteiger partial charge in [0.1, 0.15) is 0 Å². The van der Waals surface area contributed by atoms with Gasteiger partial charge in [0.15, 0.2) is 5.82 Å². The van der Waals surface area contributed by atoms with Crippen LogP contribution in [0.25, 0.3) is 0 Å². The molecule has 2 aliphatic carbocycles. The van der Waals surface area contributed by atoms with Gasteiger partial charge < -0.3 is 10.4 Å². The Morgan fingerprint density at radius 1 is 1.12 bits per heavy atom. The van der Waals surface area contributed by atoms with Crippen LogP contribution in [0.5, 0.6) is 0 Å². The maximum Gasteiger partial charge on any atom is 0.233 e. The van der Waals surface area contributed by atoms with Gasteiger partial charge in [-0.1, -0.05) is 12.1 Å². The minimum atomic E-state index is -0.181. The van der Waals surface area contributed by atoms with E-state index in [0.29, 0.717) is 23.3 Å². The minimum Gasteiger partial charge on any atom is -0.390 e. The fraction of sp³-hybridized carbons (Fsp3) is 0.560. The molecule has 5 rings (SSSR count). The Bertz CT molecular complexity index is 939. The van der Waals surface area contributed by atoms with Crippen molar-refractivity contribution in [1.82, 2.24) is 9.97 Å². The van der Waals surface area contributed by atoms with Crippen LogP contribution in [0, 0.1) is 5.92 Å². The minimum absolute atomic E-state index is 0.00128. The molecule has 0 spiro atoms. The van der Waals surface area contributed by atoms with Crippen molar-refractivity contribution in [2.75, 3.05) is 16.8 Å². The topological polar surface area (TPSA) is 75.1 Å². The maximum atomic E-state index is 13.5. The number of rotatable bonds is 9. The van der Waals surface area contributed by atoms with E-state index in [2.05, 4.69) is 33.5 Å². The number of aromatic nitrogens is 2. The molecular weight excluding hydrogens is 438 g/mol. The molecule has 0 bridgehead atoms. The number of hydrogen-bond donors (Lipinski definition) is 2. The molecule has 170 valence electrons. The number of anilines is 1. The van der Waals surface area contributed by atoms with Gasteiger partial charge in [0.05, 0.1) is 30.6 Å². The molecule has 1 amide bonds. The van der Waals surface area contributed by atoms with Crippen LogP contribution in [0.1, 0.15) is 73.6 Å². The van der Waals surface area contributed by atoms with E-state index in [4.69, 9.17) is 0 Å². The first-order valence-electron chi connectivity index (χ1n) is 11.8. The molecule has 5 nitrogen and oxygen atoms in total. The zero-order valence-corrected chi connectivity index (χ0v) is 20.0. The number of carbonyl (C=O) groups is 1. The highest BCUT2D eigenvalue weighted by atomic mass is 32.2. The van der Waals surface area contributed by atoms with E-state index in [0.717, 1.165) is 17.2 Å². The van der Waals surface area contributed by atoms with Crippen LogP contribution in [0.3, 0.4) is 0 Å². The molecule has 3 fully saturated rings. The number of benzene rings is 1. The molecule has 2 saturated carbocycles. The van der Waals surface area contributed by atoms with Crippen molar-refractivity contribution in [2.45, 2.75) is 73.5 Å². The first-order chi connectivity index (χ1) is 15.7. The molecule has 1 aliphatic heterocycles. The van der Waals surface area contributed by atoms with E-state index in [1.54, 1.807) is 0 Å². The van der Waals surface area contributed by atoms with Crippen LogP contribution in [-0.2, 0) is 11.4 Å². The van der Waals surface area contributed by atoms with Gasteiger partial charge >= 0.3 is 0 Å². The normalized spacial score (nSPS) is 20.2. The largest absolute Gasteiger partial charge is 0.390 e. The van der Waals surface area contributed by atoms with Gasteiger partial charge in [-0.15, -0.1) is 11.8 Å². The number of nitrogens with zero attached hydrogens (tertiary/aromatic N) is 2. The van der Waals surface area contributed by atoms with Gasteiger partial charge in [-0.05, 0) is 85.5 Å². The molecule has 1 saturated heterocycles. The lowest BCUT2D eigenvalue weighted by molar-refractivity contribution is -0.118. The van der Waals surface area contributed by atoms with E-state index in [1.165, 1.54) is 72.9 Å². The Morgan fingerprint density at radius 2 is 1.94 bits per heavy atom. The fourth-order valence-electron chi connectivity index (χ4n) is 4.39. The van der Waals surface area contributed by atoms with Crippen molar-refractivity contribution < 1.29 is 9.90 Å². The standard InChI is InChI=1S/C25H31N3O2S2/c29-15-19-13-27-24(14-26-19)28-25(30)22(11-16-7-9-31-10-8-16)18-3-6-23(32-20-4-5-20)21(12-18)17-1-2-17/h3,6,12-14,16-17,20,22,29H,1-2,4-5,7-11,15H2,(H,27,28,30). The van der Waals surface area contributed by atoms with E-state index in [9.17, 15) is 9.90 Å². The van der Waals surface area contributed by atoms with Crippen molar-refractivity contribution in [3.63, 3.8) is 0 Å². The molecular formula is C25H31N3O2S2. The molecule has 1 aromatic carbocycles. The number of amides is 1. The summed E-state index contributed by atoms with van der Waals surface area (Å²) in [5, 5.41) is 13.0. The summed E-state index contributed by atoms with van der Waals surface area (Å²) in [6.07, 6.45) is 11.5. The average molecular weight is 470 g/mol. The molecule has 1 aromatic heterocycles. The van der Waals surface area contributed by atoms with Gasteiger partial charge in [0.25, 0.3) is 0 Å². The van der Waals surface area contributed by atoms with E-state index >= 15 is 0 Å². The predicted octanol–water partition coefficient (Wildman–Crippen LogP) is 5.36. The van der Waals surface area contributed by atoms with Crippen molar-refractivity contribution in [3.8, 4) is 0 Å². The summed E-state index contributed by atoms with van der Waals surface area (Å²) in [4.78, 5) is 23.3. The van der Waals surface area contributed by atoms with Gasteiger partial charge in [0, 0.05) is 10.1 Å². The zero-order valence-electron chi connectivity index (χ0n) is 18.3. The summed E-state index contributed by atoms with van der Waals surface area (Å²) < 4.78 is 0. The molecule has 1 atom stereocenters. The van der Waals surface area contributed by atoms with E-state index in [-0.39, 0.29) is 18.4 Å². The highest BCUT2D eigenvalue weighted by molar-refractivity contribution is 8.00. The molecule has 2 heterocycles. The highest BCUT2D eigenvalue weighted by Crippen LogP contribution is 2.49. The molecule has 2 N–H and O–H groups in total. The van der Waals surface area contributed by atoms with Gasteiger partial charge in [0.2, 0.25) is 5.91 Å². The Balaban J connectivity index is 1.39. The monoisotopic (exact) mass is 469 g/mol. The number of carbonyl (C=O) groups excluding carboxylic acids is 1. The van der Waals surface area contributed by atoms with E-state index < -0.39 is 0 Å². The lowest BCUT2D eigenvalue weighted by atomic mass is 9.84. The Kier molecular flexibility index (Phi) is 7.05. The van der Waals surface area contributed by atoms with Crippen LogP contribution >= 0.6 is 23.5 Å². The smallest absolute Gasteiger partial charge is 0.233 e. The molecule has 0 radical (unpaired) electrons. The van der Waals surface area contributed by atoms with Crippen molar-refractivity contribution in [1.29, 1.82) is 0 Å². The second-order valence-corrected chi connectivity index (χ2v) is 11.8. The summed E-state index contributed by atoms with van der Waals surface area (Å²) in [6, 6.07) is 6.81. The van der Waals surface area contributed by atoms with Crippen LogP contribution in [-0.4, -0.2) is 37.7 Å². The molecule has 1 unspecified atom stereocenters. The quantitative estimate of drug-likeness (QED) is 0.515. The van der Waals surface area contributed by atoms with Crippen molar-refractivity contribution >= 4 is 35.2 Å². The third kappa shape index (κ3) is 5.67. The molecule has 7 heteroatoms. The van der Waals surface area contributed by atoms with Crippen LogP contribution in [0.15, 0.2) is 35.5 Å². The number of aliphatic hydroxyl groups is 1. The number of nitrogens with one attached hydrogen (secondary N) is 1. The van der Waals surface area contributed by atoms with Crippen molar-refractivity contribution in [3.05, 3.63) is 47.4 Å². The summed E-state index contributed by atoms with van der Waals surface area (Å²) in [7, 11) is 0. The highest BCUT2D eigenvalue weighted by Gasteiger charge is 2.32. The first-order valence-corrected chi connectivity index (χ1v) is 13.8. The van der Waals surface area contributed by atoms with Crippen LogP contribution < -0.4 is 5.32 Å². The summed E-state index contributed by atoms with van der Waals surface area (Å²) in [5.74, 6) is 3.90. The lowest BCUT2D eigenvalue weighted by Crippen LogP contribution is -2.25. The Morgan fingerprint density at radius 3 is 2.59 bits per heavy atom. The van der Waals surface area contributed by atoms with Crippen LogP contribution in [0.4, 0.5) is 5.82 Å². The summed E-state index contributed by atoms with van der Waals surface area (Å²) in [5.41, 5.74) is 3.10. The number of thioether (sulfide) groups is 2. The Labute approximate surface area is 198 Å². The predicted molar refractivity (Wildman–Crippen MR) is 131 cm³/mol. The SMILES string of the molecule is O=C(Nc1cnc(CO)cn1)C(CC1CCSCC1)c1ccc(SC2CC2)c(C2CC2)c1. The fourth-order valence-corrected chi connectivity index (χ4v) is 6.84. The maximum absolute atomic E-state index is 13.5. The van der Waals surface area contributed by atoms with E-state index in [1.807, 2.05) is 23.5 Å². The molecule has 32 heavy (non-hydrogen) atoms. The average Bonchev–Trinajstić information content (AvgIpc) is 3.74. The molecule has 3 aliphatic rings. The van der Waals surface area contributed by atoms with Crippen LogP contribution in [0.2, 0.25) is 0 Å². The van der Waals surface area contributed by atoms with Gasteiger partial charge in [-0.3, -0.25) is 9.78 Å². The zero-order chi connectivity index (χ0) is 21.9.